The van der Waals surface area contributed by atoms with Gasteiger partial charge in [0.2, 0.25) is 5.91 Å². The molecule has 248 valence electrons. The second kappa shape index (κ2) is 16.9. The maximum Gasteiger partial charge on any atom is 0.341 e. The zero-order chi connectivity index (χ0) is 34.8. The van der Waals surface area contributed by atoms with Crippen molar-refractivity contribution >= 4 is 79.5 Å². The van der Waals surface area contributed by atoms with E-state index < -0.39 is 23.0 Å². The Morgan fingerprint density at radius 3 is 2.27 bits per heavy atom. The van der Waals surface area contributed by atoms with E-state index in [4.69, 9.17) is 4.74 Å². The van der Waals surface area contributed by atoms with Gasteiger partial charge < -0.3 is 20.7 Å². The molecule has 1 aromatic heterocycles. The van der Waals surface area contributed by atoms with Crippen molar-refractivity contribution in [1.29, 1.82) is 0 Å². The third kappa shape index (κ3) is 9.56. The second-order valence-electron chi connectivity index (χ2n) is 10.6. The smallest absolute Gasteiger partial charge is 0.341 e. The van der Waals surface area contributed by atoms with Crippen molar-refractivity contribution in [1.82, 2.24) is 5.32 Å². The van der Waals surface area contributed by atoms with E-state index in [0.29, 0.717) is 27.4 Å². The molecule has 8 nitrogen and oxygen atoms in total. The molecule has 0 saturated carbocycles. The van der Waals surface area contributed by atoms with E-state index in [9.17, 15) is 19.2 Å². The number of esters is 1. The fourth-order valence-electron chi connectivity index (χ4n) is 4.67. The Bertz CT molecular complexity index is 1980. The number of ether oxygens (including phenoxy) is 1. The number of thiophene rings is 1. The number of hydrogen-bond acceptors (Lipinski definition) is 7. The first-order valence-corrected chi connectivity index (χ1v) is 17.8. The lowest BCUT2D eigenvalue weighted by Gasteiger charge is -2.14. The highest BCUT2D eigenvalue weighted by Gasteiger charge is 2.25. The highest BCUT2D eigenvalue weighted by molar-refractivity contribution is 9.10. The molecule has 0 saturated heterocycles. The number of nitrogens with one attached hydrogen (secondary N) is 3. The van der Waals surface area contributed by atoms with E-state index in [0.717, 1.165) is 20.5 Å². The Balaban J connectivity index is 1.30. The Labute approximate surface area is 301 Å². The van der Waals surface area contributed by atoms with Crippen LogP contribution < -0.4 is 16.0 Å². The first-order chi connectivity index (χ1) is 23.7. The van der Waals surface area contributed by atoms with Crippen LogP contribution in [0, 0.1) is 0 Å². The standard InChI is InChI=1S/C38H32BrN3O5S2/c1-3-47-38(46)33-31(26-11-6-4-7-12-26)23-48-37(33)42-34(43)24(2)49-30-16-10-15-29(22-30)40-36(45)32(21-25-17-19-28(39)20-18-25)41-35(44)27-13-8-5-9-14-27/h4-24H,3H2,1-2H3,(H,40,45)(H,41,44)(H,42,43)/b32-21+. The molecule has 0 bridgehead atoms. The Hall–Kier alpha value is -4.97. The number of rotatable bonds is 12. The minimum absolute atomic E-state index is 0.0604. The number of anilines is 2. The number of halogens is 1. The summed E-state index contributed by atoms with van der Waals surface area (Å²) in [5, 5.41) is 10.2. The van der Waals surface area contributed by atoms with Crippen molar-refractivity contribution < 1.29 is 23.9 Å². The van der Waals surface area contributed by atoms with Crippen molar-refractivity contribution in [2.45, 2.75) is 24.0 Å². The van der Waals surface area contributed by atoms with Gasteiger partial charge in [-0.1, -0.05) is 82.7 Å². The minimum atomic E-state index is -0.554. The molecule has 1 unspecified atom stereocenters. The minimum Gasteiger partial charge on any atom is -0.462 e. The summed E-state index contributed by atoms with van der Waals surface area (Å²) in [6.45, 7) is 3.70. The zero-order valence-corrected chi connectivity index (χ0v) is 29.8. The van der Waals surface area contributed by atoms with Crippen LogP contribution >= 0.6 is 39.0 Å². The molecular formula is C38H32BrN3O5S2. The Morgan fingerprint density at radius 1 is 0.878 bits per heavy atom. The number of hydrogen-bond donors (Lipinski definition) is 3. The van der Waals surface area contributed by atoms with Crippen LogP contribution in [0.4, 0.5) is 10.7 Å². The Morgan fingerprint density at radius 2 is 1.57 bits per heavy atom. The normalized spacial score (nSPS) is 11.7. The molecule has 0 spiro atoms. The lowest BCUT2D eigenvalue weighted by atomic mass is 10.0. The van der Waals surface area contributed by atoms with Gasteiger partial charge in [-0.15, -0.1) is 23.1 Å². The van der Waals surface area contributed by atoms with Crippen molar-refractivity contribution in [3.63, 3.8) is 0 Å². The summed E-state index contributed by atoms with van der Waals surface area (Å²) in [6.07, 6.45) is 1.60. The predicted molar refractivity (Wildman–Crippen MR) is 201 cm³/mol. The molecule has 0 radical (unpaired) electrons. The zero-order valence-electron chi connectivity index (χ0n) is 26.6. The van der Waals surface area contributed by atoms with Crippen LogP contribution in [0.1, 0.15) is 40.1 Å². The summed E-state index contributed by atoms with van der Waals surface area (Å²) in [4.78, 5) is 53.6. The van der Waals surface area contributed by atoms with Crippen LogP contribution in [0.2, 0.25) is 0 Å². The summed E-state index contributed by atoms with van der Waals surface area (Å²) in [5.74, 6) is -1.74. The van der Waals surface area contributed by atoms with E-state index in [2.05, 4.69) is 31.9 Å². The highest BCUT2D eigenvalue weighted by Crippen LogP contribution is 2.37. The van der Waals surface area contributed by atoms with Gasteiger partial charge in [-0.3, -0.25) is 14.4 Å². The molecule has 1 heterocycles. The van der Waals surface area contributed by atoms with Crippen LogP contribution in [0.15, 0.2) is 130 Å². The monoisotopic (exact) mass is 753 g/mol. The first-order valence-electron chi connectivity index (χ1n) is 15.3. The summed E-state index contributed by atoms with van der Waals surface area (Å²) in [6, 6.07) is 32.5. The van der Waals surface area contributed by atoms with Gasteiger partial charge in [0, 0.05) is 31.6 Å². The summed E-state index contributed by atoms with van der Waals surface area (Å²) >= 11 is 5.98. The number of thioether (sulfide) groups is 1. The van der Waals surface area contributed by atoms with Gasteiger partial charge in [-0.25, -0.2) is 4.79 Å². The molecule has 3 N–H and O–H groups in total. The summed E-state index contributed by atoms with van der Waals surface area (Å²) in [7, 11) is 0. The lowest BCUT2D eigenvalue weighted by molar-refractivity contribution is -0.115. The van der Waals surface area contributed by atoms with Crippen LogP contribution in [0.25, 0.3) is 17.2 Å². The number of amides is 3. The topological polar surface area (TPSA) is 114 Å². The van der Waals surface area contributed by atoms with Gasteiger partial charge in [-0.2, -0.15) is 0 Å². The fourth-order valence-corrected chi connectivity index (χ4v) is 6.82. The van der Waals surface area contributed by atoms with E-state index in [1.54, 1.807) is 62.4 Å². The second-order valence-corrected chi connectivity index (χ2v) is 13.8. The molecular weight excluding hydrogens is 722 g/mol. The van der Waals surface area contributed by atoms with Gasteiger partial charge in [0.1, 0.15) is 16.3 Å². The first kappa shape index (κ1) is 35.3. The molecule has 49 heavy (non-hydrogen) atoms. The van der Waals surface area contributed by atoms with E-state index in [1.165, 1.54) is 23.1 Å². The molecule has 1 atom stereocenters. The van der Waals surface area contributed by atoms with Gasteiger partial charge in [0.25, 0.3) is 11.8 Å². The van der Waals surface area contributed by atoms with E-state index in [-0.39, 0.29) is 18.2 Å². The van der Waals surface area contributed by atoms with Gasteiger partial charge >= 0.3 is 5.97 Å². The maximum atomic E-state index is 13.5. The molecule has 5 aromatic rings. The molecule has 5 rings (SSSR count). The number of benzene rings is 4. The molecule has 0 fully saturated rings. The predicted octanol–water partition coefficient (Wildman–Crippen LogP) is 8.88. The van der Waals surface area contributed by atoms with Crippen LogP contribution in [-0.2, 0) is 14.3 Å². The van der Waals surface area contributed by atoms with Crippen molar-refractivity contribution in [3.05, 3.63) is 141 Å². The quantitative estimate of drug-likeness (QED) is 0.0667. The van der Waals surface area contributed by atoms with Gasteiger partial charge in [-0.05, 0) is 73.5 Å². The molecule has 0 aliphatic rings. The van der Waals surface area contributed by atoms with Gasteiger partial charge in [0.15, 0.2) is 0 Å². The van der Waals surface area contributed by atoms with Crippen molar-refractivity contribution in [3.8, 4) is 11.1 Å². The largest absolute Gasteiger partial charge is 0.462 e. The average molecular weight is 755 g/mol. The Kier molecular flexibility index (Phi) is 12.2. The van der Waals surface area contributed by atoms with Crippen molar-refractivity contribution in [2.75, 3.05) is 17.2 Å². The molecule has 3 amide bonds. The average Bonchev–Trinajstić information content (AvgIpc) is 3.53. The summed E-state index contributed by atoms with van der Waals surface area (Å²) < 4.78 is 6.20. The van der Waals surface area contributed by atoms with Crippen LogP contribution in [-0.4, -0.2) is 35.5 Å². The maximum absolute atomic E-state index is 13.5. The third-order valence-electron chi connectivity index (χ3n) is 7.08. The number of carbonyl (C=O) groups excluding carboxylic acids is 4. The van der Waals surface area contributed by atoms with Crippen LogP contribution in [0.3, 0.4) is 0 Å². The van der Waals surface area contributed by atoms with Crippen molar-refractivity contribution in [2.24, 2.45) is 0 Å². The molecule has 0 aliphatic carbocycles. The van der Waals surface area contributed by atoms with Crippen LogP contribution in [0.5, 0.6) is 0 Å². The molecule has 4 aromatic carbocycles. The summed E-state index contributed by atoms with van der Waals surface area (Å²) in [5.41, 5.74) is 3.53. The van der Waals surface area contributed by atoms with E-state index >= 15 is 0 Å². The highest BCUT2D eigenvalue weighted by atomic mass is 79.9. The number of carbonyl (C=O) groups is 4. The van der Waals surface area contributed by atoms with Gasteiger partial charge in [0.05, 0.1) is 11.9 Å². The molecule has 0 aliphatic heterocycles. The lowest BCUT2D eigenvalue weighted by Crippen LogP contribution is -2.30. The SMILES string of the molecule is CCOC(=O)c1c(-c2ccccc2)csc1NC(=O)C(C)Sc1cccc(NC(=O)/C(=C\c2ccc(Br)cc2)NC(=O)c2ccccc2)c1. The molecule has 11 heteroatoms. The third-order valence-corrected chi connectivity index (χ3v) is 9.59. The van der Waals surface area contributed by atoms with E-state index in [1.807, 2.05) is 72.1 Å². The fraction of sp³-hybridized carbons (Fsp3) is 0.105.